The Morgan fingerprint density at radius 1 is 1.05 bits per heavy atom. The molecule has 112 valence electrons. The molecule has 0 spiro atoms. The van der Waals surface area contributed by atoms with Crippen LogP contribution in [0.15, 0.2) is 54.6 Å². The van der Waals surface area contributed by atoms with Crippen LogP contribution in [0.2, 0.25) is 0 Å². The van der Waals surface area contributed by atoms with Gasteiger partial charge in [0.25, 0.3) is 0 Å². The fourth-order valence-electron chi connectivity index (χ4n) is 2.32. The van der Waals surface area contributed by atoms with Gasteiger partial charge in [-0.2, -0.15) is 5.10 Å². The standard InChI is InChI=1S/C17H17N3S2/c1-13-7-5-6-10-15(13)20-16(18-19-17(20)21)12-22-11-14-8-3-2-4-9-14/h2-10H,11-12H2,1H3,(H,19,21). The van der Waals surface area contributed by atoms with Crippen LogP contribution in [0.25, 0.3) is 5.69 Å². The zero-order valence-electron chi connectivity index (χ0n) is 12.3. The van der Waals surface area contributed by atoms with Crippen LogP contribution in [0.1, 0.15) is 17.0 Å². The molecule has 3 nitrogen and oxygen atoms in total. The highest BCUT2D eigenvalue weighted by molar-refractivity contribution is 7.97. The predicted octanol–water partition coefficient (Wildman–Crippen LogP) is 4.67. The lowest BCUT2D eigenvalue weighted by Crippen LogP contribution is -2.02. The number of hydrogen-bond donors (Lipinski definition) is 1. The minimum atomic E-state index is 0.643. The molecule has 0 amide bonds. The Morgan fingerprint density at radius 3 is 2.55 bits per heavy atom. The van der Waals surface area contributed by atoms with Crippen LogP contribution in [0.3, 0.4) is 0 Å². The van der Waals surface area contributed by atoms with Crippen molar-refractivity contribution < 1.29 is 0 Å². The predicted molar refractivity (Wildman–Crippen MR) is 94.9 cm³/mol. The normalized spacial score (nSPS) is 10.8. The Bertz CT molecular complexity index is 806. The number of aromatic nitrogens is 3. The molecule has 1 aromatic heterocycles. The number of thioether (sulfide) groups is 1. The molecule has 5 heteroatoms. The summed E-state index contributed by atoms with van der Waals surface area (Å²) >= 11 is 7.23. The van der Waals surface area contributed by atoms with E-state index in [1.54, 1.807) is 0 Å². The number of nitrogens with one attached hydrogen (secondary N) is 1. The first-order chi connectivity index (χ1) is 10.8. The lowest BCUT2D eigenvalue weighted by atomic mass is 10.2. The molecular weight excluding hydrogens is 310 g/mol. The smallest absolute Gasteiger partial charge is 0.199 e. The van der Waals surface area contributed by atoms with Crippen molar-refractivity contribution in [2.75, 3.05) is 0 Å². The van der Waals surface area contributed by atoms with Gasteiger partial charge in [-0.05, 0) is 36.3 Å². The number of H-pyrrole nitrogens is 1. The van der Waals surface area contributed by atoms with Crippen LogP contribution in [-0.2, 0) is 11.5 Å². The second-order valence-corrected chi connectivity index (χ2v) is 6.42. The topological polar surface area (TPSA) is 33.6 Å². The Morgan fingerprint density at radius 2 is 1.77 bits per heavy atom. The maximum atomic E-state index is 5.39. The van der Waals surface area contributed by atoms with Gasteiger partial charge in [0.05, 0.1) is 11.4 Å². The van der Waals surface area contributed by atoms with Gasteiger partial charge in [-0.1, -0.05) is 48.5 Å². The molecule has 0 unspecified atom stereocenters. The van der Waals surface area contributed by atoms with Gasteiger partial charge in [-0.25, -0.2) is 0 Å². The van der Waals surface area contributed by atoms with Crippen LogP contribution in [0, 0.1) is 11.7 Å². The summed E-state index contributed by atoms with van der Waals surface area (Å²) in [6.45, 7) is 2.09. The third-order valence-electron chi connectivity index (χ3n) is 3.44. The lowest BCUT2D eigenvalue weighted by molar-refractivity contribution is 0.940. The number of benzene rings is 2. The van der Waals surface area contributed by atoms with E-state index in [1.807, 2.05) is 34.5 Å². The Labute approximate surface area is 139 Å². The molecule has 3 aromatic rings. The molecule has 22 heavy (non-hydrogen) atoms. The van der Waals surface area contributed by atoms with Crippen LogP contribution >= 0.6 is 24.0 Å². The van der Waals surface area contributed by atoms with Gasteiger partial charge in [0.15, 0.2) is 4.77 Å². The van der Waals surface area contributed by atoms with Crippen LogP contribution in [0.5, 0.6) is 0 Å². The van der Waals surface area contributed by atoms with E-state index in [2.05, 4.69) is 53.5 Å². The van der Waals surface area contributed by atoms with Gasteiger partial charge >= 0.3 is 0 Å². The number of aromatic amines is 1. The van der Waals surface area contributed by atoms with E-state index >= 15 is 0 Å². The zero-order valence-corrected chi connectivity index (χ0v) is 14.0. The summed E-state index contributed by atoms with van der Waals surface area (Å²) in [6, 6.07) is 18.7. The first kappa shape index (κ1) is 15.1. The zero-order chi connectivity index (χ0) is 15.4. The molecular formula is C17H17N3S2. The van der Waals surface area contributed by atoms with Crippen LogP contribution in [-0.4, -0.2) is 14.8 Å². The molecule has 3 rings (SSSR count). The average molecular weight is 327 g/mol. The van der Waals surface area contributed by atoms with Crippen LogP contribution < -0.4 is 0 Å². The maximum absolute atomic E-state index is 5.39. The number of aryl methyl sites for hydroxylation is 1. The van der Waals surface area contributed by atoms with Crippen molar-refractivity contribution in [1.82, 2.24) is 14.8 Å². The highest BCUT2D eigenvalue weighted by atomic mass is 32.2. The summed E-state index contributed by atoms with van der Waals surface area (Å²) in [6.07, 6.45) is 0. The number of rotatable bonds is 5. The van der Waals surface area contributed by atoms with Crippen LogP contribution in [0.4, 0.5) is 0 Å². The third kappa shape index (κ3) is 3.31. The van der Waals surface area contributed by atoms with E-state index in [-0.39, 0.29) is 0 Å². The van der Waals surface area contributed by atoms with Gasteiger partial charge in [-0.15, -0.1) is 11.8 Å². The molecule has 0 aliphatic rings. The molecule has 0 aliphatic heterocycles. The highest BCUT2D eigenvalue weighted by Crippen LogP contribution is 2.21. The Kier molecular flexibility index (Phi) is 4.75. The number of nitrogens with zero attached hydrogens (tertiary/aromatic N) is 2. The van der Waals surface area contributed by atoms with E-state index in [0.29, 0.717) is 4.77 Å². The minimum absolute atomic E-state index is 0.643. The summed E-state index contributed by atoms with van der Waals surface area (Å²) in [5.41, 5.74) is 3.61. The largest absolute Gasteiger partial charge is 0.271 e. The van der Waals surface area contributed by atoms with Crippen molar-refractivity contribution in [1.29, 1.82) is 0 Å². The first-order valence-corrected chi connectivity index (χ1v) is 8.66. The highest BCUT2D eigenvalue weighted by Gasteiger charge is 2.10. The molecule has 0 atom stereocenters. The molecule has 0 saturated carbocycles. The number of para-hydroxylation sites is 1. The molecule has 1 heterocycles. The summed E-state index contributed by atoms with van der Waals surface area (Å²) in [4.78, 5) is 0. The number of hydrogen-bond acceptors (Lipinski definition) is 3. The summed E-state index contributed by atoms with van der Waals surface area (Å²) in [7, 11) is 0. The van der Waals surface area contributed by atoms with Crippen molar-refractivity contribution in [3.05, 3.63) is 76.3 Å². The van der Waals surface area contributed by atoms with Crippen molar-refractivity contribution in [2.45, 2.75) is 18.4 Å². The van der Waals surface area contributed by atoms with Gasteiger partial charge < -0.3 is 0 Å². The molecule has 0 saturated heterocycles. The van der Waals surface area contributed by atoms with Gasteiger partial charge in [0.1, 0.15) is 5.82 Å². The van der Waals surface area contributed by atoms with Crippen molar-refractivity contribution in [3.8, 4) is 5.69 Å². The third-order valence-corrected chi connectivity index (χ3v) is 4.71. The van der Waals surface area contributed by atoms with E-state index in [0.717, 1.165) is 23.0 Å². The SMILES string of the molecule is Cc1ccccc1-n1c(CSCc2ccccc2)n[nH]c1=S. The van der Waals surface area contributed by atoms with Gasteiger partial charge in [0, 0.05) is 5.75 Å². The summed E-state index contributed by atoms with van der Waals surface area (Å²) < 4.78 is 2.67. The van der Waals surface area contributed by atoms with E-state index in [1.165, 1.54) is 11.1 Å². The maximum Gasteiger partial charge on any atom is 0.199 e. The second-order valence-electron chi connectivity index (χ2n) is 5.05. The summed E-state index contributed by atoms with van der Waals surface area (Å²) in [5.74, 6) is 2.74. The molecule has 0 radical (unpaired) electrons. The molecule has 0 aliphatic carbocycles. The van der Waals surface area contributed by atoms with Crippen molar-refractivity contribution in [3.63, 3.8) is 0 Å². The Balaban J connectivity index is 1.78. The average Bonchev–Trinajstić information content (AvgIpc) is 2.90. The van der Waals surface area contributed by atoms with E-state index in [4.69, 9.17) is 12.2 Å². The molecule has 0 bridgehead atoms. The second kappa shape index (κ2) is 6.94. The molecule has 0 fully saturated rings. The lowest BCUT2D eigenvalue weighted by Gasteiger charge is -2.09. The quantitative estimate of drug-likeness (QED) is 0.691. The Hall–Kier alpha value is -1.85. The van der Waals surface area contributed by atoms with Gasteiger partial charge in [-0.3, -0.25) is 9.67 Å². The minimum Gasteiger partial charge on any atom is -0.271 e. The monoisotopic (exact) mass is 327 g/mol. The summed E-state index contributed by atoms with van der Waals surface area (Å²) in [5, 5.41) is 7.30. The first-order valence-electron chi connectivity index (χ1n) is 7.09. The van der Waals surface area contributed by atoms with Crippen molar-refractivity contribution >= 4 is 24.0 Å². The fourth-order valence-corrected chi connectivity index (χ4v) is 3.48. The van der Waals surface area contributed by atoms with Gasteiger partial charge in [0.2, 0.25) is 0 Å². The van der Waals surface area contributed by atoms with E-state index in [9.17, 15) is 0 Å². The molecule has 1 N–H and O–H groups in total. The van der Waals surface area contributed by atoms with Crippen molar-refractivity contribution in [2.24, 2.45) is 0 Å². The molecule has 2 aromatic carbocycles. The fraction of sp³-hybridized carbons (Fsp3) is 0.176. The van der Waals surface area contributed by atoms with E-state index < -0.39 is 0 Å².